The number of allylic oxidation sites excluding steroid dienone is 1. The van der Waals surface area contributed by atoms with Crippen molar-refractivity contribution in [2.45, 2.75) is 38.0 Å². The number of aliphatic imine (C=N–C) groups is 1. The number of aromatic nitrogens is 3. The Kier molecular flexibility index (Phi) is 5.42. The molecule has 30 heavy (non-hydrogen) atoms. The number of dihydropyridines is 1. The summed E-state index contributed by atoms with van der Waals surface area (Å²) >= 11 is 12.3. The number of rotatable bonds is 5. The second kappa shape index (κ2) is 8.34. The molecule has 2 aromatic heterocycles. The molecule has 2 aliphatic rings. The van der Waals surface area contributed by atoms with Crippen molar-refractivity contribution in [1.29, 1.82) is 0 Å². The van der Waals surface area contributed by atoms with Crippen molar-refractivity contribution >= 4 is 40.4 Å². The Labute approximate surface area is 185 Å². The summed E-state index contributed by atoms with van der Waals surface area (Å²) < 4.78 is 0. The van der Waals surface area contributed by atoms with Crippen molar-refractivity contribution < 1.29 is 0 Å². The van der Waals surface area contributed by atoms with Gasteiger partial charge in [-0.15, -0.1) is 0 Å². The first-order valence-corrected chi connectivity index (χ1v) is 10.8. The summed E-state index contributed by atoms with van der Waals surface area (Å²) in [5.41, 5.74) is 4.35. The van der Waals surface area contributed by atoms with Crippen LogP contribution in [-0.2, 0) is 13.1 Å². The van der Waals surface area contributed by atoms with Crippen molar-refractivity contribution in [3.05, 3.63) is 81.9 Å². The van der Waals surface area contributed by atoms with Gasteiger partial charge in [-0.2, -0.15) is 0 Å². The van der Waals surface area contributed by atoms with Gasteiger partial charge in [-0.05, 0) is 54.3 Å². The third-order valence-electron chi connectivity index (χ3n) is 5.61. The van der Waals surface area contributed by atoms with Gasteiger partial charge in [-0.3, -0.25) is 9.89 Å². The number of pyridine rings is 1. The van der Waals surface area contributed by atoms with Crippen LogP contribution in [0.25, 0.3) is 11.0 Å². The highest BCUT2D eigenvalue weighted by Crippen LogP contribution is 2.29. The summed E-state index contributed by atoms with van der Waals surface area (Å²) in [5.74, 6) is 0.945. The standard InChI is InChI=1S/C23H21Cl2N5/c24-21-10-15(11-22(25)29-21)13-30(14-23-27-19-5-1-2-6-20(19)28-23)17-7-8-18-16(12-17)4-3-9-26-18/h1-6,9-12,17-18H,7-8,13-14H2,(H,27,28). The number of hydrogen-bond acceptors (Lipinski definition) is 4. The first-order chi connectivity index (χ1) is 14.6. The van der Waals surface area contributed by atoms with Crippen LogP contribution in [0.1, 0.15) is 24.2 Å². The van der Waals surface area contributed by atoms with E-state index in [2.05, 4.69) is 38.1 Å². The quantitative estimate of drug-likeness (QED) is 0.546. The van der Waals surface area contributed by atoms with Gasteiger partial charge in [0, 0.05) is 18.8 Å². The first kappa shape index (κ1) is 19.5. The van der Waals surface area contributed by atoms with Crippen LogP contribution in [0.5, 0.6) is 0 Å². The minimum atomic E-state index is 0.271. The number of fused-ring (bicyclic) bond motifs is 2. The predicted molar refractivity (Wildman–Crippen MR) is 122 cm³/mol. The molecule has 0 saturated heterocycles. The molecule has 1 N–H and O–H groups in total. The lowest BCUT2D eigenvalue weighted by Gasteiger charge is -2.34. The SMILES string of the molecule is Clc1cc(CN(Cc2nc3ccccc3[nH]2)C2C=C3C=CC=NC3CC2)cc(Cl)n1. The Morgan fingerprint density at radius 1 is 1.03 bits per heavy atom. The number of nitrogens with zero attached hydrogens (tertiary/aromatic N) is 4. The van der Waals surface area contributed by atoms with Gasteiger partial charge < -0.3 is 4.98 Å². The fourth-order valence-electron chi connectivity index (χ4n) is 4.24. The van der Waals surface area contributed by atoms with Crippen LogP contribution in [0, 0.1) is 0 Å². The van der Waals surface area contributed by atoms with Crippen LogP contribution in [-0.4, -0.2) is 38.2 Å². The third kappa shape index (κ3) is 4.19. The van der Waals surface area contributed by atoms with E-state index in [0.717, 1.165) is 35.3 Å². The fraction of sp³-hybridized carbons (Fsp3) is 0.261. The second-order valence-electron chi connectivity index (χ2n) is 7.71. The summed E-state index contributed by atoms with van der Waals surface area (Å²) in [4.78, 5) is 19.3. The molecule has 0 radical (unpaired) electrons. The smallest absolute Gasteiger partial charge is 0.131 e. The Hall–Kier alpha value is -2.47. The van der Waals surface area contributed by atoms with E-state index in [4.69, 9.17) is 28.2 Å². The molecular weight excluding hydrogens is 417 g/mol. The highest BCUT2D eigenvalue weighted by Gasteiger charge is 2.27. The summed E-state index contributed by atoms with van der Waals surface area (Å²) in [6, 6.07) is 12.4. The average Bonchev–Trinajstić information content (AvgIpc) is 3.14. The number of aromatic amines is 1. The minimum Gasteiger partial charge on any atom is -0.341 e. The van der Waals surface area contributed by atoms with Gasteiger partial charge in [0.05, 0.1) is 23.6 Å². The van der Waals surface area contributed by atoms with E-state index in [9.17, 15) is 0 Å². The van der Waals surface area contributed by atoms with Crippen LogP contribution < -0.4 is 0 Å². The maximum absolute atomic E-state index is 6.15. The van der Waals surface area contributed by atoms with E-state index in [1.54, 1.807) is 0 Å². The molecule has 1 aliphatic heterocycles. The van der Waals surface area contributed by atoms with E-state index < -0.39 is 0 Å². The largest absolute Gasteiger partial charge is 0.341 e. The van der Waals surface area contributed by atoms with E-state index in [1.165, 1.54) is 5.57 Å². The van der Waals surface area contributed by atoms with Crippen LogP contribution >= 0.6 is 23.2 Å². The number of nitrogens with one attached hydrogen (secondary N) is 1. The third-order valence-corrected chi connectivity index (χ3v) is 6.00. The van der Waals surface area contributed by atoms with Crippen LogP contribution in [0.4, 0.5) is 0 Å². The summed E-state index contributed by atoms with van der Waals surface area (Å²) in [6.07, 6.45) is 10.5. The fourth-order valence-corrected chi connectivity index (χ4v) is 4.74. The highest BCUT2D eigenvalue weighted by molar-refractivity contribution is 6.32. The van der Waals surface area contributed by atoms with Crippen LogP contribution in [0.15, 0.2) is 65.2 Å². The summed E-state index contributed by atoms with van der Waals surface area (Å²) in [7, 11) is 0. The highest BCUT2D eigenvalue weighted by atomic mass is 35.5. The topological polar surface area (TPSA) is 57.2 Å². The lowest BCUT2D eigenvalue weighted by atomic mass is 9.89. The Balaban J connectivity index is 1.46. The van der Waals surface area contributed by atoms with Gasteiger partial charge >= 0.3 is 0 Å². The second-order valence-corrected chi connectivity index (χ2v) is 8.49. The van der Waals surface area contributed by atoms with E-state index in [0.29, 0.717) is 23.4 Å². The zero-order valence-corrected chi connectivity index (χ0v) is 17.8. The lowest BCUT2D eigenvalue weighted by molar-refractivity contribution is 0.188. The molecule has 3 heterocycles. The van der Waals surface area contributed by atoms with Crippen molar-refractivity contribution in [3.8, 4) is 0 Å². The molecule has 5 rings (SSSR count). The van der Waals surface area contributed by atoms with E-state index in [1.807, 2.05) is 42.6 Å². The predicted octanol–water partition coefficient (Wildman–Crippen LogP) is 5.36. The first-order valence-electron chi connectivity index (χ1n) is 10.1. The molecule has 0 saturated carbocycles. The molecule has 1 aliphatic carbocycles. The molecule has 0 bridgehead atoms. The molecular formula is C23H21Cl2N5. The van der Waals surface area contributed by atoms with Crippen molar-refractivity contribution in [2.24, 2.45) is 4.99 Å². The number of imidazole rings is 1. The Bertz CT molecular complexity index is 1110. The molecule has 152 valence electrons. The number of halogens is 2. The molecule has 0 amide bonds. The van der Waals surface area contributed by atoms with Crippen LogP contribution in [0.2, 0.25) is 10.3 Å². The molecule has 0 spiro atoms. The van der Waals surface area contributed by atoms with Gasteiger partial charge in [0.25, 0.3) is 0 Å². The molecule has 2 atom stereocenters. The minimum absolute atomic E-state index is 0.271. The molecule has 5 nitrogen and oxygen atoms in total. The monoisotopic (exact) mass is 437 g/mol. The number of hydrogen-bond donors (Lipinski definition) is 1. The summed E-state index contributed by atoms with van der Waals surface area (Å²) in [6.45, 7) is 1.39. The number of benzene rings is 1. The lowest BCUT2D eigenvalue weighted by Crippen LogP contribution is -2.37. The molecule has 0 fully saturated rings. The van der Waals surface area contributed by atoms with Crippen LogP contribution in [0.3, 0.4) is 0 Å². The molecule has 1 aromatic carbocycles. The number of para-hydroxylation sites is 2. The summed E-state index contributed by atoms with van der Waals surface area (Å²) in [5, 5.41) is 0.820. The average molecular weight is 438 g/mol. The zero-order valence-electron chi connectivity index (χ0n) is 16.3. The Morgan fingerprint density at radius 2 is 1.87 bits per heavy atom. The Morgan fingerprint density at radius 3 is 2.70 bits per heavy atom. The maximum atomic E-state index is 6.15. The molecule has 2 unspecified atom stereocenters. The molecule has 3 aromatic rings. The van der Waals surface area contributed by atoms with Gasteiger partial charge in [-0.25, -0.2) is 9.97 Å². The van der Waals surface area contributed by atoms with Crippen molar-refractivity contribution in [3.63, 3.8) is 0 Å². The van der Waals surface area contributed by atoms with E-state index >= 15 is 0 Å². The van der Waals surface area contributed by atoms with Crippen molar-refractivity contribution in [1.82, 2.24) is 19.9 Å². The number of H-pyrrole nitrogens is 1. The van der Waals surface area contributed by atoms with Gasteiger partial charge in [-0.1, -0.05) is 47.5 Å². The van der Waals surface area contributed by atoms with Gasteiger partial charge in [0.15, 0.2) is 0 Å². The van der Waals surface area contributed by atoms with Gasteiger partial charge in [0.2, 0.25) is 0 Å². The normalized spacial score (nSPS) is 20.6. The van der Waals surface area contributed by atoms with E-state index in [-0.39, 0.29) is 12.1 Å². The van der Waals surface area contributed by atoms with Crippen molar-refractivity contribution in [2.75, 3.05) is 0 Å². The van der Waals surface area contributed by atoms with Gasteiger partial charge in [0.1, 0.15) is 16.1 Å². The zero-order chi connectivity index (χ0) is 20.5. The maximum Gasteiger partial charge on any atom is 0.131 e. The molecule has 7 heteroatoms.